The van der Waals surface area contributed by atoms with Crippen molar-refractivity contribution >= 4 is 5.69 Å². The molecule has 1 saturated carbocycles. The third-order valence-corrected chi connectivity index (χ3v) is 2.34. The van der Waals surface area contributed by atoms with Crippen LogP contribution in [0.3, 0.4) is 0 Å². The zero-order chi connectivity index (χ0) is 8.55. The van der Waals surface area contributed by atoms with Crippen LogP contribution in [-0.4, -0.2) is 9.55 Å². The fourth-order valence-corrected chi connectivity index (χ4v) is 1.33. The summed E-state index contributed by atoms with van der Waals surface area (Å²) < 4.78 is 1.93. The van der Waals surface area contributed by atoms with E-state index in [1.165, 1.54) is 19.3 Å². The van der Waals surface area contributed by atoms with Crippen molar-refractivity contribution in [3.63, 3.8) is 0 Å². The van der Waals surface area contributed by atoms with E-state index >= 15 is 0 Å². The van der Waals surface area contributed by atoms with E-state index in [2.05, 4.69) is 4.98 Å². The molecular weight excluding hydrogens is 154 g/mol. The Kier molecular flexibility index (Phi) is 1.60. The molecule has 1 aromatic heterocycles. The largest absolute Gasteiger partial charge is 0.393 e. The standard InChI is InChI=1S/C8H11N3O/c9-7-4-11(5-10-8(7)12)6-2-1-3-6/h4-6H,1-3,9H2. The molecule has 1 aliphatic carbocycles. The Morgan fingerprint density at radius 2 is 2.33 bits per heavy atom. The zero-order valence-electron chi connectivity index (χ0n) is 6.73. The quantitative estimate of drug-likeness (QED) is 0.661. The molecule has 0 aliphatic heterocycles. The van der Waals surface area contributed by atoms with Gasteiger partial charge in [-0.2, -0.15) is 4.98 Å². The van der Waals surface area contributed by atoms with Crippen LogP contribution in [0.15, 0.2) is 17.3 Å². The summed E-state index contributed by atoms with van der Waals surface area (Å²) >= 11 is 0. The highest BCUT2D eigenvalue weighted by molar-refractivity contribution is 5.30. The van der Waals surface area contributed by atoms with Gasteiger partial charge in [-0.25, -0.2) is 0 Å². The number of rotatable bonds is 1. The summed E-state index contributed by atoms with van der Waals surface area (Å²) in [5, 5.41) is 0. The molecule has 2 N–H and O–H groups in total. The Labute approximate surface area is 70.0 Å². The van der Waals surface area contributed by atoms with Crippen LogP contribution in [-0.2, 0) is 0 Å². The molecule has 1 fully saturated rings. The number of nitrogens with two attached hydrogens (primary N) is 1. The summed E-state index contributed by atoms with van der Waals surface area (Å²) in [6.07, 6.45) is 6.85. The summed E-state index contributed by atoms with van der Waals surface area (Å²) in [7, 11) is 0. The Balaban J connectivity index is 2.33. The minimum Gasteiger partial charge on any atom is -0.393 e. The molecule has 2 rings (SSSR count). The smallest absolute Gasteiger partial charge is 0.295 e. The molecule has 12 heavy (non-hydrogen) atoms. The highest BCUT2D eigenvalue weighted by Gasteiger charge is 2.18. The van der Waals surface area contributed by atoms with Gasteiger partial charge in [-0.15, -0.1) is 0 Å². The molecule has 0 unspecified atom stereocenters. The fraction of sp³-hybridized carbons (Fsp3) is 0.500. The molecule has 1 heterocycles. The van der Waals surface area contributed by atoms with Gasteiger partial charge in [-0.3, -0.25) is 4.79 Å². The summed E-state index contributed by atoms with van der Waals surface area (Å²) in [5.41, 5.74) is 5.35. The van der Waals surface area contributed by atoms with Crippen LogP contribution < -0.4 is 11.3 Å². The predicted molar refractivity (Wildman–Crippen MR) is 45.8 cm³/mol. The van der Waals surface area contributed by atoms with Gasteiger partial charge in [0.05, 0.1) is 6.33 Å². The Bertz CT molecular complexity index is 340. The van der Waals surface area contributed by atoms with E-state index in [0.29, 0.717) is 6.04 Å². The maximum atomic E-state index is 10.9. The van der Waals surface area contributed by atoms with E-state index in [9.17, 15) is 4.79 Å². The lowest BCUT2D eigenvalue weighted by molar-refractivity contribution is 0.310. The van der Waals surface area contributed by atoms with E-state index in [-0.39, 0.29) is 11.2 Å². The van der Waals surface area contributed by atoms with Crippen molar-refractivity contribution < 1.29 is 0 Å². The molecule has 4 nitrogen and oxygen atoms in total. The van der Waals surface area contributed by atoms with Crippen LogP contribution in [0.5, 0.6) is 0 Å². The lowest BCUT2D eigenvalue weighted by atomic mass is 9.93. The van der Waals surface area contributed by atoms with Crippen LogP contribution in [0.2, 0.25) is 0 Å². The number of nitrogen functional groups attached to an aromatic ring is 1. The molecule has 0 amide bonds. The van der Waals surface area contributed by atoms with Gasteiger partial charge < -0.3 is 10.3 Å². The van der Waals surface area contributed by atoms with E-state index < -0.39 is 0 Å². The maximum Gasteiger partial charge on any atom is 0.295 e. The first-order chi connectivity index (χ1) is 5.77. The average molecular weight is 165 g/mol. The van der Waals surface area contributed by atoms with Crippen molar-refractivity contribution in [3.05, 3.63) is 22.9 Å². The number of nitrogens with zero attached hydrogens (tertiary/aromatic N) is 2. The third kappa shape index (κ3) is 1.09. The first kappa shape index (κ1) is 7.34. The van der Waals surface area contributed by atoms with Gasteiger partial charge in [0.15, 0.2) is 0 Å². The predicted octanol–water partition coefficient (Wildman–Crippen LogP) is 0.550. The van der Waals surface area contributed by atoms with E-state index in [4.69, 9.17) is 5.73 Å². The van der Waals surface area contributed by atoms with Gasteiger partial charge in [-0.1, -0.05) is 0 Å². The summed E-state index contributed by atoms with van der Waals surface area (Å²) in [5.74, 6) is 0. The Morgan fingerprint density at radius 3 is 2.83 bits per heavy atom. The summed E-state index contributed by atoms with van der Waals surface area (Å²) in [4.78, 5) is 14.5. The van der Waals surface area contributed by atoms with Gasteiger partial charge in [0, 0.05) is 12.2 Å². The van der Waals surface area contributed by atoms with Crippen molar-refractivity contribution in [2.75, 3.05) is 5.73 Å². The van der Waals surface area contributed by atoms with Crippen LogP contribution in [0, 0.1) is 0 Å². The lowest BCUT2D eigenvalue weighted by Crippen LogP contribution is -2.21. The molecule has 1 aliphatic rings. The van der Waals surface area contributed by atoms with Crippen LogP contribution in [0.1, 0.15) is 25.3 Å². The number of hydrogen-bond acceptors (Lipinski definition) is 3. The van der Waals surface area contributed by atoms with Gasteiger partial charge >= 0.3 is 0 Å². The molecule has 0 atom stereocenters. The van der Waals surface area contributed by atoms with E-state index in [1.807, 2.05) is 4.57 Å². The molecule has 4 heteroatoms. The first-order valence-electron chi connectivity index (χ1n) is 4.10. The molecular formula is C8H11N3O. The van der Waals surface area contributed by atoms with Crippen molar-refractivity contribution in [2.24, 2.45) is 0 Å². The van der Waals surface area contributed by atoms with Crippen molar-refractivity contribution in [3.8, 4) is 0 Å². The Hall–Kier alpha value is -1.32. The molecule has 0 spiro atoms. The van der Waals surface area contributed by atoms with Gasteiger partial charge in [-0.05, 0) is 19.3 Å². The lowest BCUT2D eigenvalue weighted by Gasteiger charge is -2.27. The monoisotopic (exact) mass is 165 g/mol. The second kappa shape index (κ2) is 2.62. The Morgan fingerprint density at radius 1 is 1.58 bits per heavy atom. The molecule has 0 saturated heterocycles. The van der Waals surface area contributed by atoms with Gasteiger partial charge in [0.25, 0.3) is 5.56 Å². The van der Waals surface area contributed by atoms with Gasteiger partial charge in [0.2, 0.25) is 0 Å². The molecule has 0 bridgehead atoms. The number of hydrogen-bond donors (Lipinski definition) is 1. The average Bonchev–Trinajstić information content (AvgIpc) is 1.93. The van der Waals surface area contributed by atoms with Crippen molar-refractivity contribution in [1.82, 2.24) is 9.55 Å². The summed E-state index contributed by atoms with van der Waals surface area (Å²) in [6.45, 7) is 0. The molecule has 0 aromatic carbocycles. The second-order valence-corrected chi connectivity index (χ2v) is 3.17. The maximum absolute atomic E-state index is 10.9. The number of aromatic nitrogens is 2. The highest BCUT2D eigenvalue weighted by atomic mass is 16.1. The van der Waals surface area contributed by atoms with Crippen LogP contribution in [0.4, 0.5) is 5.69 Å². The van der Waals surface area contributed by atoms with E-state index in [1.54, 1.807) is 12.5 Å². The van der Waals surface area contributed by atoms with Crippen molar-refractivity contribution in [1.29, 1.82) is 0 Å². The SMILES string of the molecule is Nc1cn(C2CCC2)cnc1=O. The van der Waals surface area contributed by atoms with E-state index in [0.717, 1.165) is 0 Å². The highest BCUT2D eigenvalue weighted by Crippen LogP contribution is 2.30. The third-order valence-electron chi connectivity index (χ3n) is 2.34. The van der Waals surface area contributed by atoms with Crippen molar-refractivity contribution in [2.45, 2.75) is 25.3 Å². The minimum atomic E-state index is -0.328. The molecule has 1 aromatic rings. The van der Waals surface area contributed by atoms with Crippen LogP contribution >= 0.6 is 0 Å². The zero-order valence-corrected chi connectivity index (χ0v) is 6.73. The topological polar surface area (TPSA) is 60.9 Å². The fourth-order valence-electron chi connectivity index (χ4n) is 1.33. The number of anilines is 1. The normalized spacial score (nSPS) is 17.3. The first-order valence-corrected chi connectivity index (χ1v) is 4.10. The molecule has 64 valence electrons. The molecule has 0 radical (unpaired) electrons. The van der Waals surface area contributed by atoms with Crippen LogP contribution in [0.25, 0.3) is 0 Å². The summed E-state index contributed by atoms with van der Waals surface area (Å²) in [6, 6.07) is 0.514. The van der Waals surface area contributed by atoms with Gasteiger partial charge in [0.1, 0.15) is 5.69 Å². The second-order valence-electron chi connectivity index (χ2n) is 3.17. The minimum absolute atomic E-state index is 0.240.